The molecule has 2 aromatic rings. The third-order valence-electron chi connectivity index (χ3n) is 6.50. The van der Waals surface area contributed by atoms with Crippen molar-refractivity contribution in [2.24, 2.45) is 0 Å². The average molecular weight is 509 g/mol. The minimum Gasteiger partial charge on any atom is -0.493 e. The highest BCUT2D eigenvalue weighted by Crippen LogP contribution is 2.48. The third kappa shape index (κ3) is 4.12. The number of benzene rings is 2. The molecule has 0 unspecified atom stereocenters. The second-order valence-electron chi connectivity index (χ2n) is 8.55. The predicted molar refractivity (Wildman–Crippen MR) is 127 cm³/mol. The van der Waals surface area contributed by atoms with Crippen LogP contribution in [0.1, 0.15) is 55.6 Å². The summed E-state index contributed by atoms with van der Waals surface area (Å²) in [5.41, 5.74) is 3.16. The maximum atomic E-state index is 13.0. The van der Waals surface area contributed by atoms with Crippen LogP contribution < -0.4 is 9.47 Å². The summed E-state index contributed by atoms with van der Waals surface area (Å²) in [5, 5.41) is 0. The normalized spacial score (nSPS) is 18.6. The van der Waals surface area contributed by atoms with E-state index in [1.165, 1.54) is 0 Å². The van der Waals surface area contributed by atoms with Gasteiger partial charge in [-0.25, -0.2) is 0 Å². The molecule has 2 aliphatic carbocycles. The van der Waals surface area contributed by atoms with E-state index in [1.54, 1.807) is 7.11 Å². The minimum atomic E-state index is -0.407. The molecule has 1 heterocycles. The highest BCUT2D eigenvalue weighted by Gasteiger charge is 2.41. The fraction of sp³-hybridized carbons (Fsp3) is 0.333. The molecule has 0 saturated heterocycles. The van der Waals surface area contributed by atoms with E-state index >= 15 is 0 Å². The molecule has 3 aliphatic rings. The quantitative estimate of drug-likeness (QED) is 0.483. The van der Waals surface area contributed by atoms with E-state index in [0.29, 0.717) is 42.1 Å². The SMILES string of the molecule is COc1cc(C2C3=C(CCCC3=O)OC3=C2C(=O)CCC3)ccc1OCc1ccccc1Br. The highest BCUT2D eigenvalue weighted by atomic mass is 79.9. The van der Waals surface area contributed by atoms with Gasteiger partial charge in [0, 0.05) is 52.8 Å². The van der Waals surface area contributed by atoms with Crippen molar-refractivity contribution in [3.8, 4) is 11.5 Å². The Kier molecular flexibility index (Phi) is 6.11. The van der Waals surface area contributed by atoms with Crippen molar-refractivity contribution in [3.05, 3.63) is 80.7 Å². The van der Waals surface area contributed by atoms with Gasteiger partial charge in [0.15, 0.2) is 23.1 Å². The monoisotopic (exact) mass is 508 g/mol. The Morgan fingerprint density at radius 3 is 2.21 bits per heavy atom. The van der Waals surface area contributed by atoms with Crippen LogP contribution in [0.15, 0.2) is 69.6 Å². The van der Waals surface area contributed by atoms with Crippen LogP contribution >= 0.6 is 15.9 Å². The molecule has 0 spiro atoms. The zero-order valence-corrected chi connectivity index (χ0v) is 20.1. The fourth-order valence-electron chi connectivity index (χ4n) is 4.90. The molecule has 0 N–H and O–H groups in total. The van der Waals surface area contributed by atoms with Gasteiger partial charge in [0.25, 0.3) is 0 Å². The Labute approximate surface area is 201 Å². The number of ether oxygens (including phenoxy) is 3. The Morgan fingerprint density at radius 1 is 0.909 bits per heavy atom. The Hall–Kier alpha value is -2.86. The molecule has 6 heteroatoms. The van der Waals surface area contributed by atoms with Crippen LogP contribution in [0, 0.1) is 0 Å². The number of carbonyl (C=O) groups excluding carboxylic acids is 2. The van der Waals surface area contributed by atoms with Gasteiger partial charge in [0.2, 0.25) is 0 Å². The highest BCUT2D eigenvalue weighted by molar-refractivity contribution is 9.10. The molecule has 1 aliphatic heterocycles. The zero-order valence-electron chi connectivity index (χ0n) is 18.5. The number of hydrogen-bond acceptors (Lipinski definition) is 5. The number of hydrogen-bond donors (Lipinski definition) is 0. The van der Waals surface area contributed by atoms with E-state index in [9.17, 15) is 9.59 Å². The second-order valence-corrected chi connectivity index (χ2v) is 9.41. The van der Waals surface area contributed by atoms with Crippen LogP contribution in [0.4, 0.5) is 0 Å². The van der Waals surface area contributed by atoms with E-state index in [-0.39, 0.29) is 11.6 Å². The van der Waals surface area contributed by atoms with Crippen LogP contribution in [-0.2, 0) is 20.9 Å². The summed E-state index contributed by atoms with van der Waals surface area (Å²) in [6.07, 6.45) is 4.00. The summed E-state index contributed by atoms with van der Waals surface area (Å²) in [4.78, 5) is 25.9. The van der Waals surface area contributed by atoms with Crippen molar-refractivity contribution < 1.29 is 23.8 Å². The van der Waals surface area contributed by atoms with Crippen LogP contribution in [0.2, 0.25) is 0 Å². The Bertz CT molecular complexity index is 1150. The number of methoxy groups -OCH3 is 1. The summed E-state index contributed by atoms with van der Waals surface area (Å²) in [6, 6.07) is 13.6. The van der Waals surface area contributed by atoms with Gasteiger partial charge >= 0.3 is 0 Å². The van der Waals surface area contributed by atoms with E-state index in [0.717, 1.165) is 52.8 Å². The van der Waals surface area contributed by atoms with E-state index in [1.807, 2.05) is 42.5 Å². The number of rotatable bonds is 5. The summed E-state index contributed by atoms with van der Waals surface area (Å²) in [5.74, 6) is 2.38. The van der Waals surface area contributed by atoms with Gasteiger partial charge in [0.05, 0.1) is 7.11 Å². The lowest BCUT2D eigenvalue weighted by Gasteiger charge is -2.36. The molecule has 0 saturated carbocycles. The molecule has 0 amide bonds. The van der Waals surface area contributed by atoms with Crippen LogP contribution in [0.25, 0.3) is 0 Å². The number of carbonyl (C=O) groups is 2. The number of ketones is 2. The van der Waals surface area contributed by atoms with E-state index < -0.39 is 5.92 Å². The fourth-order valence-corrected chi connectivity index (χ4v) is 5.30. The third-order valence-corrected chi connectivity index (χ3v) is 7.28. The van der Waals surface area contributed by atoms with Gasteiger partial charge in [-0.15, -0.1) is 0 Å². The first-order chi connectivity index (χ1) is 16.1. The number of allylic oxidation sites excluding steroid dienone is 4. The lowest BCUT2D eigenvalue weighted by Crippen LogP contribution is -2.30. The average Bonchev–Trinajstić information content (AvgIpc) is 2.82. The van der Waals surface area contributed by atoms with Crippen molar-refractivity contribution >= 4 is 27.5 Å². The van der Waals surface area contributed by atoms with Gasteiger partial charge < -0.3 is 14.2 Å². The van der Waals surface area contributed by atoms with Gasteiger partial charge in [-0.05, 0) is 36.6 Å². The molecule has 33 heavy (non-hydrogen) atoms. The molecule has 0 atom stereocenters. The smallest absolute Gasteiger partial charge is 0.163 e. The molecule has 2 aromatic carbocycles. The topological polar surface area (TPSA) is 61.8 Å². The van der Waals surface area contributed by atoms with Gasteiger partial charge in [-0.2, -0.15) is 0 Å². The van der Waals surface area contributed by atoms with Crippen LogP contribution in [0.3, 0.4) is 0 Å². The molecule has 0 aromatic heterocycles. The van der Waals surface area contributed by atoms with Gasteiger partial charge in [-0.1, -0.05) is 40.2 Å². The molecule has 170 valence electrons. The summed E-state index contributed by atoms with van der Waals surface area (Å²) in [6.45, 7) is 0.385. The van der Waals surface area contributed by atoms with Crippen molar-refractivity contribution in [1.82, 2.24) is 0 Å². The first-order valence-corrected chi connectivity index (χ1v) is 12.1. The van der Waals surface area contributed by atoms with Crippen molar-refractivity contribution in [2.75, 3.05) is 7.11 Å². The summed E-state index contributed by atoms with van der Waals surface area (Å²) < 4.78 is 18.8. The lowest BCUT2D eigenvalue weighted by molar-refractivity contribution is -0.117. The Morgan fingerprint density at radius 2 is 1.58 bits per heavy atom. The van der Waals surface area contributed by atoms with Crippen LogP contribution in [0.5, 0.6) is 11.5 Å². The predicted octanol–water partition coefficient (Wildman–Crippen LogP) is 6.16. The lowest BCUT2D eigenvalue weighted by atomic mass is 9.73. The number of Topliss-reactive ketones (excluding diaryl/α,β-unsaturated/α-hetero) is 2. The van der Waals surface area contributed by atoms with Gasteiger partial charge in [0.1, 0.15) is 18.1 Å². The van der Waals surface area contributed by atoms with Crippen LogP contribution in [-0.4, -0.2) is 18.7 Å². The van der Waals surface area contributed by atoms with Crippen molar-refractivity contribution in [2.45, 2.75) is 51.0 Å². The molecule has 5 nitrogen and oxygen atoms in total. The summed E-state index contributed by atoms with van der Waals surface area (Å²) >= 11 is 3.55. The maximum absolute atomic E-state index is 13.0. The molecule has 0 bridgehead atoms. The Balaban J connectivity index is 1.52. The summed E-state index contributed by atoms with van der Waals surface area (Å²) in [7, 11) is 1.60. The zero-order chi connectivity index (χ0) is 22.9. The van der Waals surface area contributed by atoms with E-state index in [2.05, 4.69) is 15.9 Å². The minimum absolute atomic E-state index is 0.0689. The largest absolute Gasteiger partial charge is 0.493 e. The second kappa shape index (κ2) is 9.18. The van der Waals surface area contributed by atoms with Crippen molar-refractivity contribution in [1.29, 1.82) is 0 Å². The van der Waals surface area contributed by atoms with E-state index in [4.69, 9.17) is 14.2 Å². The molecular weight excluding hydrogens is 484 g/mol. The van der Waals surface area contributed by atoms with Crippen molar-refractivity contribution in [3.63, 3.8) is 0 Å². The number of halogens is 1. The van der Waals surface area contributed by atoms with Gasteiger partial charge in [-0.3, -0.25) is 9.59 Å². The standard InChI is InChI=1S/C27H25BrO5/c1-31-24-14-16(12-13-21(24)32-15-17-6-2-3-7-18(17)28)25-26-19(29)8-4-10-22(26)33-23-11-5-9-20(30)27(23)25/h2-3,6-7,12-14,25H,4-5,8-11,15H2,1H3. The molecule has 5 rings (SSSR count). The maximum Gasteiger partial charge on any atom is 0.163 e. The molecule has 0 radical (unpaired) electrons. The molecular formula is C27H25BrO5. The molecule has 0 fully saturated rings. The first-order valence-electron chi connectivity index (χ1n) is 11.3. The first kappa shape index (κ1) is 22.0.